The van der Waals surface area contributed by atoms with Crippen molar-refractivity contribution in [2.45, 2.75) is 9.79 Å². The smallest absolute Gasteiger partial charge is 0.0201 e. The average molecular weight is 441 g/mol. The van der Waals surface area contributed by atoms with Gasteiger partial charge in [0.1, 0.15) is 0 Å². The van der Waals surface area contributed by atoms with E-state index in [0.717, 1.165) is 4.47 Å². The van der Waals surface area contributed by atoms with Crippen LogP contribution in [0.3, 0.4) is 0 Å². The van der Waals surface area contributed by atoms with Gasteiger partial charge >= 0.3 is 0 Å². The topological polar surface area (TPSA) is 0 Å². The Labute approximate surface area is 178 Å². The van der Waals surface area contributed by atoms with Crippen LogP contribution in [-0.4, -0.2) is 0 Å². The van der Waals surface area contributed by atoms with Crippen LogP contribution in [0.4, 0.5) is 0 Å². The maximum absolute atomic E-state index is 3.50. The Kier molecular flexibility index (Phi) is 4.67. The van der Waals surface area contributed by atoms with Crippen molar-refractivity contribution >= 4 is 39.8 Å². The molecule has 0 atom stereocenters. The van der Waals surface area contributed by atoms with Crippen molar-refractivity contribution in [3.05, 3.63) is 107 Å². The first-order valence-corrected chi connectivity index (χ1v) is 10.8. The normalized spacial score (nSPS) is 12.2. The summed E-state index contributed by atoms with van der Waals surface area (Å²) in [5, 5.41) is 0. The van der Waals surface area contributed by atoms with Crippen molar-refractivity contribution in [3.63, 3.8) is 0 Å². The quantitative estimate of drug-likeness (QED) is 0.265. The number of benzene rings is 4. The van der Waals surface area contributed by atoms with Gasteiger partial charge in [0, 0.05) is 14.3 Å². The van der Waals surface area contributed by atoms with Crippen LogP contribution in [0.1, 0.15) is 11.1 Å². The number of halogens is 1. The van der Waals surface area contributed by atoms with E-state index in [9.17, 15) is 0 Å². The molecule has 0 unspecified atom stereocenters. The Morgan fingerprint density at radius 3 is 1.96 bits per heavy atom. The highest BCUT2D eigenvalue weighted by atomic mass is 79.9. The van der Waals surface area contributed by atoms with Crippen LogP contribution < -0.4 is 0 Å². The van der Waals surface area contributed by atoms with E-state index in [1.807, 2.05) is 11.8 Å². The standard InChI is InChI=1S/C26H17BrS/c27-22-15-12-19(13-16-22)18-8-10-20(11-9-18)23-5-3-7-26-24(23)17-14-21-4-1-2-6-25(21)28-26/h1-17H. The molecule has 1 heterocycles. The third-order valence-corrected chi connectivity index (χ3v) is 6.70. The van der Waals surface area contributed by atoms with E-state index in [1.165, 1.54) is 43.2 Å². The number of rotatable bonds is 2. The van der Waals surface area contributed by atoms with Gasteiger partial charge in [-0.25, -0.2) is 0 Å². The van der Waals surface area contributed by atoms with Crippen LogP contribution in [0.15, 0.2) is 105 Å². The lowest BCUT2D eigenvalue weighted by Crippen LogP contribution is -1.87. The Bertz CT molecular complexity index is 1170. The molecule has 2 heteroatoms. The lowest BCUT2D eigenvalue weighted by molar-refractivity contribution is 1.39. The van der Waals surface area contributed by atoms with E-state index in [2.05, 4.69) is 119 Å². The predicted octanol–water partition coefficient (Wildman–Crippen LogP) is 8.42. The molecule has 4 aromatic rings. The zero-order valence-corrected chi connectivity index (χ0v) is 17.5. The molecule has 0 amide bonds. The van der Waals surface area contributed by atoms with Crippen molar-refractivity contribution in [2.24, 2.45) is 0 Å². The monoisotopic (exact) mass is 440 g/mol. The van der Waals surface area contributed by atoms with Crippen molar-refractivity contribution in [3.8, 4) is 22.3 Å². The maximum Gasteiger partial charge on any atom is 0.0201 e. The summed E-state index contributed by atoms with van der Waals surface area (Å²) < 4.78 is 1.10. The van der Waals surface area contributed by atoms with E-state index >= 15 is 0 Å². The SMILES string of the molecule is Brc1ccc(-c2ccc(-c3cccc4c3C=Cc3ccccc3S4)cc2)cc1. The minimum absolute atomic E-state index is 1.10. The van der Waals surface area contributed by atoms with E-state index in [0.29, 0.717) is 0 Å². The molecule has 0 nitrogen and oxygen atoms in total. The van der Waals surface area contributed by atoms with Gasteiger partial charge in [0.15, 0.2) is 0 Å². The first-order chi connectivity index (χ1) is 13.8. The van der Waals surface area contributed by atoms with E-state index in [1.54, 1.807) is 0 Å². The number of fused-ring (bicyclic) bond motifs is 2. The first-order valence-electron chi connectivity index (χ1n) is 9.22. The molecule has 0 aliphatic carbocycles. The first kappa shape index (κ1) is 17.5. The Morgan fingerprint density at radius 1 is 0.536 bits per heavy atom. The fourth-order valence-corrected chi connectivity index (χ4v) is 4.88. The summed E-state index contributed by atoms with van der Waals surface area (Å²) in [4.78, 5) is 2.61. The highest BCUT2D eigenvalue weighted by Gasteiger charge is 2.13. The summed E-state index contributed by atoms with van der Waals surface area (Å²) in [6.07, 6.45) is 4.49. The van der Waals surface area contributed by atoms with Gasteiger partial charge in [0.25, 0.3) is 0 Å². The molecule has 0 saturated heterocycles. The zero-order valence-electron chi connectivity index (χ0n) is 15.1. The van der Waals surface area contributed by atoms with Crippen molar-refractivity contribution in [1.82, 2.24) is 0 Å². The van der Waals surface area contributed by atoms with Gasteiger partial charge in [-0.1, -0.05) is 107 Å². The molecular weight excluding hydrogens is 424 g/mol. The second kappa shape index (κ2) is 7.46. The molecule has 28 heavy (non-hydrogen) atoms. The van der Waals surface area contributed by atoms with Gasteiger partial charge in [-0.3, -0.25) is 0 Å². The molecule has 5 rings (SSSR count). The third-order valence-electron chi connectivity index (χ3n) is 5.01. The van der Waals surface area contributed by atoms with Gasteiger partial charge in [0.2, 0.25) is 0 Å². The summed E-state index contributed by atoms with van der Waals surface area (Å²) in [7, 11) is 0. The molecule has 4 aromatic carbocycles. The Hall–Kier alpha value is -2.55. The summed E-state index contributed by atoms with van der Waals surface area (Å²) in [5.41, 5.74) is 7.55. The summed E-state index contributed by atoms with van der Waals surface area (Å²) in [5.74, 6) is 0. The fraction of sp³-hybridized carbons (Fsp3) is 0. The number of hydrogen-bond donors (Lipinski definition) is 0. The summed E-state index contributed by atoms with van der Waals surface area (Å²) >= 11 is 5.35. The number of hydrogen-bond acceptors (Lipinski definition) is 1. The van der Waals surface area contributed by atoms with Crippen LogP contribution in [0, 0.1) is 0 Å². The lowest BCUT2D eigenvalue weighted by atomic mass is 9.96. The van der Waals surface area contributed by atoms with Crippen LogP contribution in [-0.2, 0) is 0 Å². The Morgan fingerprint density at radius 2 is 1.18 bits per heavy atom. The van der Waals surface area contributed by atoms with Crippen LogP contribution in [0.2, 0.25) is 0 Å². The molecule has 0 bridgehead atoms. The van der Waals surface area contributed by atoms with Crippen LogP contribution >= 0.6 is 27.7 Å². The second-order valence-corrected chi connectivity index (χ2v) is 8.77. The molecule has 134 valence electrons. The third kappa shape index (κ3) is 3.34. The molecular formula is C26H17BrS. The van der Waals surface area contributed by atoms with Crippen molar-refractivity contribution < 1.29 is 0 Å². The van der Waals surface area contributed by atoms with Crippen LogP contribution in [0.25, 0.3) is 34.4 Å². The minimum Gasteiger partial charge on any atom is -0.0888 e. The van der Waals surface area contributed by atoms with Gasteiger partial charge in [-0.15, -0.1) is 0 Å². The molecule has 1 aliphatic rings. The average Bonchev–Trinajstić information content (AvgIpc) is 2.94. The molecule has 0 radical (unpaired) electrons. The van der Waals surface area contributed by atoms with E-state index in [4.69, 9.17) is 0 Å². The van der Waals surface area contributed by atoms with E-state index < -0.39 is 0 Å². The van der Waals surface area contributed by atoms with Gasteiger partial charge in [0.05, 0.1) is 0 Å². The summed E-state index contributed by atoms with van der Waals surface area (Å²) in [6, 6.07) is 32.5. The second-order valence-electron chi connectivity index (χ2n) is 6.77. The highest BCUT2D eigenvalue weighted by molar-refractivity contribution is 9.10. The lowest BCUT2D eigenvalue weighted by Gasteiger charge is -2.12. The molecule has 0 fully saturated rings. The molecule has 0 N–H and O–H groups in total. The summed E-state index contributed by atoms with van der Waals surface area (Å²) in [6.45, 7) is 0. The minimum atomic E-state index is 1.10. The van der Waals surface area contributed by atoms with Gasteiger partial charge < -0.3 is 0 Å². The fourth-order valence-electron chi connectivity index (χ4n) is 3.54. The van der Waals surface area contributed by atoms with Crippen LogP contribution in [0.5, 0.6) is 0 Å². The van der Waals surface area contributed by atoms with E-state index in [-0.39, 0.29) is 0 Å². The van der Waals surface area contributed by atoms with Gasteiger partial charge in [-0.2, -0.15) is 0 Å². The molecule has 0 spiro atoms. The Balaban J connectivity index is 1.54. The van der Waals surface area contributed by atoms with Crippen molar-refractivity contribution in [2.75, 3.05) is 0 Å². The largest absolute Gasteiger partial charge is 0.0888 e. The maximum atomic E-state index is 3.50. The zero-order chi connectivity index (χ0) is 18.9. The molecule has 0 aromatic heterocycles. The predicted molar refractivity (Wildman–Crippen MR) is 125 cm³/mol. The highest BCUT2D eigenvalue weighted by Crippen LogP contribution is 2.41. The van der Waals surface area contributed by atoms with Gasteiger partial charge in [-0.05, 0) is 57.6 Å². The molecule has 1 aliphatic heterocycles. The molecule has 0 saturated carbocycles. The van der Waals surface area contributed by atoms with Crippen molar-refractivity contribution in [1.29, 1.82) is 0 Å².